The molecule has 2 rings (SSSR count). The third kappa shape index (κ3) is 3.69. The van der Waals surface area contributed by atoms with Crippen LogP contribution in [0.5, 0.6) is 0 Å². The van der Waals surface area contributed by atoms with E-state index in [0.29, 0.717) is 5.56 Å². The number of hydrogen-bond acceptors (Lipinski definition) is 1. The first-order chi connectivity index (χ1) is 8.97. The van der Waals surface area contributed by atoms with E-state index in [1.54, 1.807) is 6.08 Å². The van der Waals surface area contributed by atoms with Crippen molar-refractivity contribution < 1.29 is 18.0 Å². The van der Waals surface area contributed by atoms with Crippen LogP contribution in [0.3, 0.4) is 0 Å². The van der Waals surface area contributed by atoms with Gasteiger partial charge >= 0.3 is 6.18 Å². The quantitative estimate of drug-likeness (QED) is 0.557. The van der Waals surface area contributed by atoms with Crippen molar-refractivity contribution in [2.45, 2.75) is 38.3 Å². The van der Waals surface area contributed by atoms with Crippen LogP contribution in [0, 0.1) is 0 Å². The average molecular weight is 268 g/mol. The van der Waals surface area contributed by atoms with Crippen LogP contribution in [0.15, 0.2) is 35.9 Å². The van der Waals surface area contributed by atoms with Crippen LogP contribution in [0.2, 0.25) is 0 Å². The highest BCUT2D eigenvalue weighted by molar-refractivity contribution is 6.04. The summed E-state index contributed by atoms with van der Waals surface area (Å²) in [6.45, 7) is 0. The topological polar surface area (TPSA) is 17.1 Å². The Morgan fingerprint density at radius 1 is 1.00 bits per heavy atom. The predicted octanol–water partition coefficient (Wildman–Crippen LogP) is 4.78. The Morgan fingerprint density at radius 3 is 2.11 bits per heavy atom. The van der Waals surface area contributed by atoms with E-state index in [1.165, 1.54) is 18.6 Å². The summed E-state index contributed by atoms with van der Waals surface area (Å²) in [4.78, 5) is 11.9. The summed E-state index contributed by atoms with van der Waals surface area (Å²) in [7, 11) is 0. The molecule has 0 heterocycles. The van der Waals surface area contributed by atoms with Crippen LogP contribution in [-0.2, 0) is 6.18 Å². The third-order valence-corrected chi connectivity index (χ3v) is 3.33. The van der Waals surface area contributed by atoms with E-state index in [2.05, 4.69) is 0 Å². The zero-order valence-corrected chi connectivity index (χ0v) is 10.5. The van der Waals surface area contributed by atoms with E-state index >= 15 is 0 Å². The minimum absolute atomic E-state index is 0.203. The van der Waals surface area contributed by atoms with Crippen molar-refractivity contribution in [1.82, 2.24) is 0 Å². The van der Waals surface area contributed by atoms with Gasteiger partial charge in [0.25, 0.3) is 0 Å². The number of alkyl halides is 3. The van der Waals surface area contributed by atoms with Gasteiger partial charge in [0.1, 0.15) is 0 Å². The number of carbonyl (C=O) groups is 1. The Morgan fingerprint density at radius 2 is 1.58 bits per heavy atom. The van der Waals surface area contributed by atoms with Crippen molar-refractivity contribution in [3.05, 3.63) is 47.0 Å². The highest BCUT2D eigenvalue weighted by atomic mass is 19.4. The Balaban J connectivity index is 2.11. The number of hydrogen-bond donors (Lipinski definition) is 0. The molecule has 102 valence electrons. The molecule has 1 aliphatic carbocycles. The fourth-order valence-electron chi connectivity index (χ4n) is 2.24. The van der Waals surface area contributed by atoms with Gasteiger partial charge in [0.05, 0.1) is 5.56 Å². The number of carbonyl (C=O) groups excluding carboxylic acids is 1. The van der Waals surface area contributed by atoms with Crippen LogP contribution in [0.4, 0.5) is 13.2 Å². The maximum Gasteiger partial charge on any atom is 0.416 e. The second-order valence-corrected chi connectivity index (χ2v) is 4.80. The Kier molecular flexibility index (Phi) is 4.08. The minimum Gasteiger partial charge on any atom is -0.289 e. The molecule has 0 radical (unpaired) electrons. The monoisotopic (exact) mass is 268 g/mol. The van der Waals surface area contributed by atoms with Crippen LogP contribution in [0.1, 0.15) is 48.0 Å². The predicted molar refractivity (Wildman–Crippen MR) is 66.9 cm³/mol. The van der Waals surface area contributed by atoms with Crippen molar-refractivity contribution in [1.29, 1.82) is 0 Å². The molecule has 0 spiro atoms. The molecule has 0 saturated heterocycles. The number of allylic oxidation sites excluding steroid dienone is 2. The molecule has 1 nitrogen and oxygen atoms in total. The largest absolute Gasteiger partial charge is 0.416 e. The first-order valence-electron chi connectivity index (χ1n) is 6.38. The van der Waals surface area contributed by atoms with Gasteiger partial charge in [0.15, 0.2) is 5.78 Å². The number of ketones is 1. The molecular weight excluding hydrogens is 253 g/mol. The molecule has 0 N–H and O–H groups in total. The van der Waals surface area contributed by atoms with Gasteiger partial charge in [0.2, 0.25) is 0 Å². The van der Waals surface area contributed by atoms with Gasteiger partial charge in [-0.2, -0.15) is 13.2 Å². The van der Waals surface area contributed by atoms with Gasteiger partial charge < -0.3 is 0 Å². The summed E-state index contributed by atoms with van der Waals surface area (Å²) in [6.07, 6.45) is 2.44. The molecule has 0 aliphatic heterocycles. The molecule has 1 aromatic carbocycles. The van der Waals surface area contributed by atoms with Crippen molar-refractivity contribution in [3.63, 3.8) is 0 Å². The molecule has 0 atom stereocenters. The molecule has 0 bridgehead atoms. The maximum atomic E-state index is 12.4. The van der Waals surface area contributed by atoms with E-state index in [9.17, 15) is 18.0 Å². The Hall–Kier alpha value is -1.58. The maximum absolute atomic E-state index is 12.4. The van der Waals surface area contributed by atoms with E-state index in [1.807, 2.05) is 0 Å². The summed E-state index contributed by atoms with van der Waals surface area (Å²) >= 11 is 0. The lowest BCUT2D eigenvalue weighted by molar-refractivity contribution is -0.137. The third-order valence-electron chi connectivity index (χ3n) is 3.33. The molecule has 1 aliphatic rings. The van der Waals surface area contributed by atoms with Crippen molar-refractivity contribution >= 4 is 5.78 Å². The van der Waals surface area contributed by atoms with Crippen molar-refractivity contribution in [2.24, 2.45) is 0 Å². The summed E-state index contributed by atoms with van der Waals surface area (Å²) in [6, 6.07) is 4.38. The zero-order valence-electron chi connectivity index (χ0n) is 10.5. The highest BCUT2D eigenvalue weighted by Gasteiger charge is 2.30. The summed E-state index contributed by atoms with van der Waals surface area (Å²) in [5.41, 5.74) is 0.691. The van der Waals surface area contributed by atoms with E-state index in [4.69, 9.17) is 0 Å². The molecular formula is C15H15F3O. The molecule has 1 saturated carbocycles. The van der Waals surface area contributed by atoms with Gasteiger partial charge in [-0.3, -0.25) is 4.79 Å². The zero-order chi connectivity index (χ0) is 13.9. The molecule has 4 heteroatoms. The molecule has 1 fully saturated rings. The Bertz CT molecular complexity index is 475. The van der Waals surface area contributed by atoms with E-state index in [-0.39, 0.29) is 5.78 Å². The molecule has 0 unspecified atom stereocenters. The van der Waals surface area contributed by atoms with Crippen LogP contribution in [0.25, 0.3) is 0 Å². The lowest BCUT2D eigenvalue weighted by atomic mass is 9.93. The first kappa shape index (κ1) is 13.8. The Labute approximate surface area is 110 Å². The van der Waals surface area contributed by atoms with Crippen molar-refractivity contribution in [2.75, 3.05) is 0 Å². The van der Waals surface area contributed by atoms with Crippen LogP contribution >= 0.6 is 0 Å². The highest BCUT2D eigenvalue weighted by Crippen LogP contribution is 2.29. The fraction of sp³-hybridized carbons (Fsp3) is 0.400. The second-order valence-electron chi connectivity index (χ2n) is 4.80. The first-order valence-corrected chi connectivity index (χ1v) is 6.38. The summed E-state index contributed by atoms with van der Waals surface area (Å²) in [5.74, 6) is -0.203. The van der Waals surface area contributed by atoms with Crippen molar-refractivity contribution in [3.8, 4) is 0 Å². The smallest absolute Gasteiger partial charge is 0.289 e. The van der Waals surface area contributed by atoms with Gasteiger partial charge in [-0.05, 0) is 43.9 Å². The summed E-state index contributed by atoms with van der Waals surface area (Å²) < 4.78 is 37.2. The normalized spacial score (nSPS) is 16.3. The molecule has 0 amide bonds. The lowest BCUT2D eigenvalue weighted by Crippen LogP contribution is -2.06. The van der Waals surface area contributed by atoms with Gasteiger partial charge in [0, 0.05) is 5.56 Å². The molecule has 19 heavy (non-hydrogen) atoms. The van der Waals surface area contributed by atoms with Crippen LogP contribution in [-0.4, -0.2) is 5.78 Å². The van der Waals surface area contributed by atoms with Gasteiger partial charge in [-0.25, -0.2) is 0 Å². The standard InChI is InChI=1S/C15H15F3O/c16-15(17,18)13-8-6-12(7-9-13)14(19)10-11-4-2-1-3-5-11/h6-10H,1-5H2. The molecule has 1 aromatic rings. The molecule has 0 aromatic heterocycles. The average Bonchev–Trinajstić information content (AvgIpc) is 2.39. The number of halogens is 3. The lowest BCUT2D eigenvalue weighted by Gasteiger charge is -2.13. The van der Waals surface area contributed by atoms with Gasteiger partial charge in [-0.1, -0.05) is 24.1 Å². The SMILES string of the molecule is O=C(C=C1CCCCC1)c1ccc(C(F)(F)F)cc1. The number of rotatable bonds is 2. The minimum atomic E-state index is -4.36. The van der Waals surface area contributed by atoms with E-state index < -0.39 is 11.7 Å². The van der Waals surface area contributed by atoms with Crippen LogP contribution < -0.4 is 0 Å². The van der Waals surface area contributed by atoms with Gasteiger partial charge in [-0.15, -0.1) is 0 Å². The second kappa shape index (κ2) is 5.59. The fourth-order valence-corrected chi connectivity index (χ4v) is 2.24. The number of benzene rings is 1. The van der Waals surface area contributed by atoms with E-state index in [0.717, 1.165) is 43.4 Å². The summed E-state index contributed by atoms with van der Waals surface area (Å²) in [5, 5.41) is 0.